The van der Waals surface area contributed by atoms with Gasteiger partial charge < -0.3 is 11.1 Å². The quantitative estimate of drug-likeness (QED) is 0.684. The molecule has 0 aliphatic heterocycles. The van der Waals surface area contributed by atoms with Crippen molar-refractivity contribution in [3.63, 3.8) is 0 Å². The number of rotatable bonds is 3. The highest BCUT2D eigenvalue weighted by atomic mass is 35.5. The minimum Gasteiger partial charge on any atom is -0.399 e. The Morgan fingerprint density at radius 2 is 1.95 bits per heavy atom. The predicted octanol–water partition coefficient (Wildman–Crippen LogP) is 4.79. The Kier molecular flexibility index (Phi) is 3.58. The number of anilines is 3. The molecule has 0 saturated carbocycles. The van der Waals surface area contributed by atoms with Crippen LogP contribution in [0.25, 0.3) is 11.3 Å². The second kappa shape index (κ2) is 5.53. The van der Waals surface area contributed by atoms with Crippen LogP contribution in [0.15, 0.2) is 53.9 Å². The Morgan fingerprint density at radius 3 is 2.75 bits per heavy atom. The van der Waals surface area contributed by atoms with Gasteiger partial charge in [0, 0.05) is 16.6 Å². The Bertz CT molecular complexity index is 739. The number of benzene rings is 2. The molecular weight excluding hydrogens is 290 g/mol. The van der Waals surface area contributed by atoms with E-state index in [-0.39, 0.29) is 0 Å². The van der Waals surface area contributed by atoms with Crippen LogP contribution in [0.2, 0.25) is 5.02 Å². The summed E-state index contributed by atoms with van der Waals surface area (Å²) < 4.78 is 0. The zero-order valence-electron chi connectivity index (χ0n) is 10.5. The molecule has 0 atom stereocenters. The fourth-order valence-electron chi connectivity index (χ4n) is 1.84. The van der Waals surface area contributed by atoms with Gasteiger partial charge in [-0.25, -0.2) is 4.98 Å². The maximum absolute atomic E-state index is 6.12. The van der Waals surface area contributed by atoms with Crippen molar-refractivity contribution in [3.05, 3.63) is 58.9 Å². The third kappa shape index (κ3) is 2.76. The molecule has 0 radical (unpaired) electrons. The molecule has 1 heterocycles. The largest absolute Gasteiger partial charge is 0.399 e. The van der Waals surface area contributed by atoms with E-state index in [4.69, 9.17) is 17.3 Å². The summed E-state index contributed by atoms with van der Waals surface area (Å²) in [5.74, 6) is 0. The second-order valence-electron chi connectivity index (χ2n) is 4.27. The zero-order chi connectivity index (χ0) is 13.9. The third-order valence-corrected chi connectivity index (χ3v) is 3.89. The first-order valence-electron chi connectivity index (χ1n) is 6.05. The van der Waals surface area contributed by atoms with Gasteiger partial charge in [0.1, 0.15) is 0 Å². The van der Waals surface area contributed by atoms with Crippen molar-refractivity contribution in [1.29, 1.82) is 0 Å². The normalized spacial score (nSPS) is 10.4. The fraction of sp³-hybridized carbons (Fsp3) is 0. The van der Waals surface area contributed by atoms with Gasteiger partial charge in [-0.3, -0.25) is 0 Å². The van der Waals surface area contributed by atoms with Crippen molar-refractivity contribution >= 4 is 39.4 Å². The Morgan fingerprint density at radius 1 is 1.10 bits per heavy atom. The number of nitrogens with zero attached hydrogens (tertiary/aromatic N) is 1. The molecule has 0 bridgehead atoms. The molecule has 0 unspecified atom stereocenters. The lowest BCUT2D eigenvalue weighted by atomic mass is 10.1. The summed E-state index contributed by atoms with van der Waals surface area (Å²) >= 11 is 7.65. The number of aromatic nitrogens is 1. The Labute approximate surface area is 126 Å². The summed E-state index contributed by atoms with van der Waals surface area (Å²) in [6.45, 7) is 0. The number of thiazole rings is 1. The highest BCUT2D eigenvalue weighted by Crippen LogP contribution is 2.30. The van der Waals surface area contributed by atoms with E-state index in [0.29, 0.717) is 5.02 Å². The second-order valence-corrected chi connectivity index (χ2v) is 5.53. The summed E-state index contributed by atoms with van der Waals surface area (Å²) in [5.41, 5.74) is 9.28. The fourth-order valence-corrected chi connectivity index (χ4v) is 2.75. The topological polar surface area (TPSA) is 50.9 Å². The summed E-state index contributed by atoms with van der Waals surface area (Å²) in [6, 6.07) is 15.3. The van der Waals surface area contributed by atoms with E-state index in [9.17, 15) is 0 Å². The number of halogens is 1. The summed E-state index contributed by atoms with van der Waals surface area (Å²) in [5, 5.41) is 6.69. The number of nitrogens with one attached hydrogen (secondary N) is 1. The van der Waals surface area contributed by atoms with Gasteiger partial charge in [0.15, 0.2) is 5.13 Å². The van der Waals surface area contributed by atoms with E-state index in [2.05, 4.69) is 10.3 Å². The van der Waals surface area contributed by atoms with E-state index >= 15 is 0 Å². The first-order chi connectivity index (χ1) is 9.72. The maximum atomic E-state index is 6.12. The van der Waals surface area contributed by atoms with Crippen molar-refractivity contribution in [2.75, 3.05) is 11.1 Å². The van der Waals surface area contributed by atoms with E-state index in [1.54, 1.807) is 0 Å². The van der Waals surface area contributed by atoms with E-state index in [1.807, 2.05) is 53.9 Å². The van der Waals surface area contributed by atoms with E-state index in [1.165, 1.54) is 11.3 Å². The van der Waals surface area contributed by atoms with Crippen molar-refractivity contribution in [2.45, 2.75) is 0 Å². The van der Waals surface area contributed by atoms with Crippen LogP contribution in [-0.2, 0) is 0 Å². The van der Waals surface area contributed by atoms with Gasteiger partial charge in [-0.15, -0.1) is 11.3 Å². The highest BCUT2D eigenvalue weighted by molar-refractivity contribution is 7.14. The van der Waals surface area contributed by atoms with Crippen LogP contribution < -0.4 is 11.1 Å². The van der Waals surface area contributed by atoms with Gasteiger partial charge >= 0.3 is 0 Å². The molecule has 0 fully saturated rings. The standard InChI is InChI=1S/C15H12ClN3S/c16-12-6-1-2-7-13(12)18-15-19-14(9-20-15)10-4-3-5-11(17)8-10/h1-9H,17H2,(H,18,19). The van der Waals surface area contributed by atoms with Crippen molar-refractivity contribution in [1.82, 2.24) is 4.98 Å². The van der Waals surface area contributed by atoms with Crippen LogP contribution in [0.4, 0.5) is 16.5 Å². The first-order valence-corrected chi connectivity index (χ1v) is 7.31. The summed E-state index contributed by atoms with van der Waals surface area (Å²) in [6.07, 6.45) is 0. The summed E-state index contributed by atoms with van der Waals surface area (Å²) in [7, 11) is 0. The minimum atomic E-state index is 0.674. The van der Waals surface area contributed by atoms with Gasteiger partial charge in [0.25, 0.3) is 0 Å². The van der Waals surface area contributed by atoms with Crippen LogP contribution >= 0.6 is 22.9 Å². The van der Waals surface area contributed by atoms with Gasteiger partial charge in [-0.05, 0) is 24.3 Å². The average Bonchev–Trinajstić information content (AvgIpc) is 2.90. The van der Waals surface area contributed by atoms with Crippen LogP contribution in [0, 0.1) is 0 Å². The number of hydrogen-bond donors (Lipinski definition) is 2. The monoisotopic (exact) mass is 301 g/mol. The molecule has 0 amide bonds. The minimum absolute atomic E-state index is 0.674. The molecule has 3 N–H and O–H groups in total. The number of para-hydroxylation sites is 1. The Balaban J connectivity index is 1.86. The molecule has 2 aromatic carbocycles. The lowest BCUT2D eigenvalue weighted by molar-refractivity contribution is 1.38. The highest BCUT2D eigenvalue weighted by Gasteiger charge is 2.06. The maximum Gasteiger partial charge on any atom is 0.187 e. The molecule has 0 spiro atoms. The number of nitrogen functional groups attached to an aromatic ring is 1. The third-order valence-electron chi connectivity index (χ3n) is 2.80. The molecule has 5 heteroatoms. The molecule has 100 valence electrons. The molecule has 0 aliphatic rings. The van der Waals surface area contributed by atoms with Crippen molar-refractivity contribution in [2.24, 2.45) is 0 Å². The lowest BCUT2D eigenvalue weighted by Gasteiger charge is -2.04. The average molecular weight is 302 g/mol. The van der Waals surface area contributed by atoms with Crippen LogP contribution in [0.1, 0.15) is 0 Å². The molecule has 3 nitrogen and oxygen atoms in total. The van der Waals surface area contributed by atoms with Crippen LogP contribution in [0.5, 0.6) is 0 Å². The summed E-state index contributed by atoms with van der Waals surface area (Å²) in [4.78, 5) is 4.55. The van der Waals surface area contributed by atoms with Crippen LogP contribution in [0.3, 0.4) is 0 Å². The lowest BCUT2D eigenvalue weighted by Crippen LogP contribution is -1.90. The number of hydrogen-bond acceptors (Lipinski definition) is 4. The number of nitrogens with two attached hydrogens (primary N) is 1. The Hall–Kier alpha value is -2.04. The molecular formula is C15H12ClN3S. The SMILES string of the molecule is Nc1cccc(-c2csc(Nc3ccccc3Cl)n2)c1. The molecule has 0 saturated heterocycles. The van der Waals surface area contributed by atoms with Gasteiger partial charge in [-0.1, -0.05) is 35.9 Å². The predicted molar refractivity (Wildman–Crippen MR) is 86.7 cm³/mol. The molecule has 3 aromatic rings. The zero-order valence-corrected chi connectivity index (χ0v) is 12.1. The first kappa shape index (κ1) is 13.0. The van der Waals surface area contributed by atoms with Gasteiger partial charge in [0.05, 0.1) is 16.4 Å². The van der Waals surface area contributed by atoms with Crippen molar-refractivity contribution < 1.29 is 0 Å². The van der Waals surface area contributed by atoms with Crippen LogP contribution in [-0.4, -0.2) is 4.98 Å². The molecule has 0 aliphatic carbocycles. The van der Waals surface area contributed by atoms with E-state index in [0.717, 1.165) is 27.8 Å². The molecule has 3 rings (SSSR count). The van der Waals surface area contributed by atoms with Gasteiger partial charge in [0.2, 0.25) is 0 Å². The molecule has 1 aromatic heterocycles. The smallest absolute Gasteiger partial charge is 0.187 e. The van der Waals surface area contributed by atoms with E-state index < -0.39 is 0 Å². The van der Waals surface area contributed by atoms with Crippen molar-refractivity contribution in [3.8, 4) is 11.3 Å². The molecule has 20 heavy (non-hydrogen) atoms. The van der Waals surface area contributed by atoms with Gasteiger partial charge in [-0.2, -0.15) is 0 Å².